The summed E-state index contributed by atoms with van der Waals surface area (Å²) < 4.78 is 14.9. The van der Waals surface area contributed by atoms with Crippen molar-refractivity contribution in [2.24, 2.45) is 13.0 Å². The van der Waals surface area contributed by atoms with Gasteiger partial charge >= 0.3 is 0 Å². The zero-order chi connectivity index (χ0) is 22.0. The Labute approximate surface area is 182 Å². The highest BCUT2D eigenvalue weighted by Gasteiger charge is 2.30. The molecule has 4 rings (SSSR count). The second kappa shape index (κ2) is 9.32. The number of ketones is 1. The molecule has 31 heavy (non-hydrogen) atoms. The summed E-state index contributed by atoms with van der Waals surface area (Å²) in [6, 6.07) is 7.60. The second-order valence-electron chi connectivity index (χ2n) is 8.66. The van der Waals surface area contributed by atoms with Crippen LogP contribution in [0.25, 0.3) is 0 Å². The number of rotatable bonds is 6. The Hall–Kier alpha value is -2.51. The summed E-state index contributed by atoms with van der Waals surface area (Å²) in [5.41, 5.74) is 1.90. The average molecular weight is 428 g/mol. The van der Waals surface area contributed by atoms with Gasteiger partial charge in [-0.25, -0.2) is 4.39 Å². The van der Waals surface area contributed by atoms with Crippen LogP contribution in [-0.4, -0.2) is 63.9 Å². The van der Waals surface area contributed by atoms with E-state index < -0.39 is 6.10 Å². The van der Waals surface area contributed by atoms with E-state index >= 15 is 0 Å². The molecule has 3 heterocycles. The van der Waals surface area contributed by atoms with Gasteiger partial charge in [-0.1, -0.05) is 0 Å². The van der Waals surface area contributed by atoms with Crippen LogP contribution in [0, 0.1) is 11.7 Å². The number of aromatic nitrogens is 1. The number of hydrogen-bond donors (Lipinski definition) is 1. The maximum atomic E-state index is 13.1. The van der Waals surface area contributed by atoms with Gasteiger partial charge in [0.1, 0.15) is 5.82 Å². The van der Waals surface area contributed by atoms with Crippen molar-refractivity contribution in [1.29, 1.82) is 0 Å². The molecule has 1 aromatic heterocycles. The fourth-order valence-corrected chi connectivity index (χ4v) is 4.79. The van der Waals surface area contributed by atoms with E-state index in [1.54, 1.807) is 18.2 Å². The number of aliphatic hydroxyl groups is 1. The van der Waals surface area contributed by atoms with Crippen LogP contribution in [0.3, 0.4) is 0 Å². The molecular formula is C24H30FN3O3. The molecule has 1 fully saturated rings. The first-order chi connectivity index (χ1) is 14.9. The molecule has 1 amide bonds. The summed E-state index contributed by atoms with van der Waals surface area (Å²) in [6.45, 7) is 3.81. The zero-order valence-corrected chi connectivity index (χ0v) is 18.0. The number of aryl methyl sites for hydroxylation is 1. The van der Waals surface area contributed by atoms with Crippen molar-refractivity contribution < 1.29 is 19.1 Å². The van der Waals surface area contributed by atoms with Crippen LogP contribution in [0.15, 0.2) is 36.5 Å². The first kappa shape index (κ1) is 21.7. The van der Waals surface area contributed by atoms with Crippen molar-refractivity contribution >= 4 is 11.7 Å². The van der Waals surface area contributed by atoms with Crippen LogP contribution in [-0.2, 0) is 7.05 Å². The predicted molar refractivity (Wildman–Crippen MR) is 115 cm³/mol. The Morgan fingerprint density at radius 2 is 1.77 bits per heavy atom. The van der Waals surface area contributed by atoms with Gasteiger partial charge in [0.2, 0.25) is 0 Å². The van der Waals surface area contributed by atoms with Gasteiger partial charge in [0.15, 0.2) is 5.78 Å². The minimum Gasteiger partial charge on any atom is -0.387 e. The highest BCUT2D eigenvalue weighted by Crippen LogP contribution is 2.27. The van der Waals surface area contributed by atoms with Crippen molar-refractivity contribution in [3.8, 4) is 0 Å². The third-order valence-electron chi connectivity index (χ3n) is 6.62. The number of Topliss-reactive ketones (excluding diaryl/α,β-unsaturated/α-hetero) is 1. The molecule has 1 N–H and O–H groups in total. The van der Waals surface area contributed by atoms with E-state index in [9.17, 15) is 19.1 Å². The summed E-state index contributed by atoms with van der Waals surface area (Å²) in [4.78, 5) is 29.7. The fraction of sp³-hybridized carbons (Fsp3) is 0.500. The number of hydrogen-bond acceptors (Lipinski definition) is 4. The van der Waals surface area contributed by atoms with E-state index in [4.69, 9.17) is 0 Å². The van der Waals surface area contributed by atoms with Gasteiger partial charge < -0.3 is 19.5 Å². The van der Waals surface area contributed by atoms with E-state index in [-0.39, 0.29) is 23.4 Å². The molecule has 1 saturated heterocycles. The lowest BCUT2D eigenvalue weighted by Crippen LogP contribution is -2.39. The first-order valence-corrected chi connectivity index (χ1v) is 11.1. The fourth-order valence-electron chi connectivity index (χ4n) is 4.79. The molecule has 0 spiro atoms. The Balaban J connectivity index is 1.24. The van der Waals surface area contributed by atoms with Gasteiger partial charge in [0.05, 0.1) is 17.4 Å². The van der Waals surface area contributed by atoms with Gasteiger partial charge in [-0.3, -0.25) is 9.59 Å². The van der Waals surface area contributed by atoms with Crippen LogP contribution in [0.4, 0.5) is 4.39 Å². The summed E-state index contributed by atoms with van der Waals surface area (Å²) in [7, 11) is 1.86. The highest BCUT2D eigenvalue weighted by atomic mass is 19.1. The summed E-state index contributed by atoms with van der Waals surface area (Å²) in [6.07, 6.45) is 4.24. The molecule has 2 aromatic rings. The minimum atomic E-state index is -0.610. The number of halogens is 1. The standard InChI is InChI=1S/C24H30FN3O3/c1-26-13-9-20-22(26)21(29)10-16-28(24(20)31)12-2-11-27-14-7-18(8-15-27)23(30)17-3-5-19(25)6-4-17/h3-6,9,13,18,21,29H,2,7-8,10-12,14-16H2,1H3. The van der Waals surface area contributed by atoms with Crippen LogP contribution in [0.2, 0.25) is 0 Å². The lowest BCUT2D eigenvalue weighted by molar-refractivity contribution is 0.0725. The molecule has 7 heteroatoms. The number of amides is 1. The zero-order valence-electron chi connectivity index (χ0n) is 18.0. The molecule has 166 valence electrons. The Kier molecular flexibility index (Phi) is 6.53. The number of carbonyl (C=O) groups is 2. The van der Waals surface area contributed by atoms with E-state index in [1.165, 1.54) is 12.1 Å². The molecule has 0 aliphatic carbocycles. The number of likely N-dealkylation sites (tertiary alicyclic amines) is 1. The van der Waals surface area contributed by atoms with Crippen LogP contribution in [0.5, 0.6) is 0 Å². The number of aliphatic hydroxyl groups excluding tert-OH is 1. The van der Waals surface area contributed by atoms with Crippen molar-refractivity contribution in [2.45, 2.75) is 31.8 Å². The topological polar surface area (TPSA) is 65.8 Å². The van der Waals surface area contributed by atoms with Gasteiger partial charge in [0.25, 0.3) is 5.91 Å². The van der Waals surface area contributed by atoms with Crippen molar-refractivity contribution in [3.63, 3.8) is 0 Å². The molecule has 1 atom stereocenters. The van der Waals surface area contributed by atoms with E-state index in [1.807, 2.05) is 22.7 Å². The van der Waals surface area contributed by atoms with E-state index in [0.29, 0.717) is 36.3 Å². The highest BCUT2D eigenvalue weighted by molar-refractivity contribution is 5.98. The summed E-state index contributed by atoms with van der Waals surface area (Å²) in [5.74, 6) is -0.234. The summed E-state index contributed by atoms with van der Waals surface area (Å²) >= 11 is 0. The average Bonchev–Trinajstić information content (AvgIpc) is 3.12. The van der Waals surface area contributed by atoms with Crippen LogP contribution < -0.4 is 0 Å². The maximum Gasteiger partial charge on any atom is 0.255 e. The van der Waals surface area contributed by atoms with Gasteiger partial charge in [0, 0.05) is 37.8 Å². The predicted octanol–water partition coefficient (Wildman–Crippen LogP) is 3.03. The molecule has 1 aromatic carbocycles. The number of carbonyl (C=O) groups excluding carboxylic acids is 2. The maximum absolute atomic E-state index is 13.1. The van der Waals surface area contributed by atoms with Crippen LogP contribution in [0.1, 0.15) is 58.2 Å². The number of fused-ring (bicyclic) bond motifs is 1. The van der Waals surface area contributed by atoms with Gasteiger partial charge in [-0.15, -0.1) is 0 Å². The van der Waals surface area contributed by atoms with E-state index in [0.717, 1.165) is 38.9 Å². The number of nitrogens with zero attached hydrogens (tertiary/aromatic N) is 3. The Morgan fingerprint density at radius 1 is 1.06 bits per heavy atom. The molecule has 2 aliphatic heterocycles. The minimum absolute atomic E-state index is 0.00393. The molecule has 0 saturated carbocycles. The Morgan fingerprint density at radius 3 is 2.48 bits per heavy atom. The third-order valence-corrected chi connectivity index (χ3v) is 6.62. The van der Waals surface area contributed by atoms with E-state index in [2.05, 4.69) is 4.90 Å². The molecule has 6 nitrogen and oxygen atoms in total. The van der Waals surface area contributed by atoms with Crippen molar-refractivity contribution in [2.75, 3.05) is 32.7 Å². The van der Waals surface area contributed by atoms with Crippen molar-refractivity contribution in [1.82, 2.24) is 14.4 Å². The third kappa shape index (κ3) is 4.72. The van der Waals surface area contributed by atoms with Gasteiger partial charge in [-0.2, -0.15) is 0 Å². The lowest BCUT2D eigenvalue weighted by atomic mass is 9.89. The van der Waals surface area contributed by atoms with Gasteiger partial charge in [-0.05, 0) is 75.6 Å². The quantitative estimate of drug-likeness (QED) is 0.720. The number of piperidine rings is 1. The molecule has 2 aliphatic rings. The number of benzene rings is 1. The SMILES string of the molecule is Cn1ccc2c1C(O)CCN(CCCN1CCC(C(=O)c3ccc(F)cc3)CC1)C2=O. The van der Waals surface area contributed by atoms with Crippen LogP contribution >= 0.6 is 0 Å². The summed E-state index contributed by atoms with van der Waals surface area (Å²) in [5, 5.41) is 10.4. The molecule has 1 unspecified atom stereocenters. The molecular weight excluding hydrogens is 397 g/mol. The Bertz CT molecular complexity index is 932. The van der Waals surface area contributed by atoms with Crippen molar-refractivity contribution in [3.05, 3.63) is 59.2 Å². The first-order valence-electron chi connectivity index (χ1n) is 11.1. The smallest absolute Gasteiger partial charge is 0.255 e. The molecule has 0 radical (unpaired) electrons. The lowest BCUT2D eigenvalue weighted by Gasteiger charge is -2.32. The normalized spacial score (nSPS) is 20.5. The largest absolute Gasteiger partial charge is 0.387 e. The second-order valence-corrected chi connectivity index (χ2v) is 8.66. The monoisotopic (exact) mass is 427 g/mol. The molecule has 0 bridgehead atoms.